The molecule has 0 aromatic heterocycles. The number of nitrogens with zero attached hydrogens (tertiary/aromatic N) is 1. The fourth-order valence-corrected chi connectivity index (χ4v) is 0.934. The number of amides is 1. The van der Waals surface area contributed by atoms with Gasteiger partial charge in [0.05, 0.1) is 7.11 Å². The summed E-state index contributed by atoms with van der Waals surface area (Å²) >= 11 is 0. The Hall–Kier alpha value is -2.04. The van der Waals surface area contributed by atoms with E-state index >= 15 is 0 Å². The smallest absolute Gasteiger partial charge is 0.354 e. The number of rotatable bonds is 5. The van der Waals surface area contributed by atoms with Crippen LogP contribution >= 0.6 is 0 Å². The normalized spacial score (nSPS) is 11.8. The van der Waals surface area contributed by atoms with Crippen molar-refractivity contribution in [1.29, 1.82) is 0 Å². The van der Waals surface area contributed by atoms with Crippen LogP contribution in [0.15, 0.2) is 36.3 Å². The van der Waals surface area contributed by atoms with Crippen LogP contribution < -0.4 is 5.32 Å². The van der Waals surface area contributed by atoms with Crippen molar-refractivity contribution >= 4 is 11.9 Å². The molecular weight excluding hydrogens is 220 g/mol. The monoisotopic (exact) mass is 238 g/mol. The van der Waals surface area contributed by atoms with E-state index in [0.29, 0.717) is 5.70 Å². The molecule has 0 fully saturated rings. The van der Waals surface area contributed by atoms with Gasteiger partial charge in [-0.25, -0.2) is 4.79 Å². The summed E-state index contributed by atoms with van der Waals surface area (Å²) in [4.78, 5) is 24.4. The Morgan fingerprint density at radius 1 is 1.41 bits per heavy atom. The summed E-state index contributed by atoms with van der Waals surface area (Å²) in [5.41, 5.74) is 0.820. The van der Waals surface area contributed by atoms with E-state index in [4.69, 9.17) is 0 Å². The van der Waals surface area contributed by atoms with Crippen LogP contribution in [0.5, 0.6) is 0 Å². The van der Waals surface area contributed by atoms with Crippen LogP contribution in [0.25, 0.3) is 0 Å². The molecule has 0 saturated heterocycles. The molecule has 94 valence electrons. The molecule has 5 heteroatoms. The van der Waals surface area contributed by atoms with Gasteiger partial charge in [-0.2, -0.15) is 0 Å². The minimum absolute atomic E-state index is 0.115. The molecule has 0 aliphatic carbocycles. The van der Waals surface area contributed by atoms with Gasteiger partial charge in [-0.15, -0.1) is 0 Å². The molecule has 0 spiro atoms. The van der Waals surface area contributed by atoms with Crippen LogP contribution in [0, 0.1) is 0 Å². The molecule has 1 N–H and O–H groups in total. The molecular formula is C12H18N2O3. The van der Waals surface area contributed by atoms with Gasteiger partial charge in [0.15, 0.2) is 0 Å². The highest BCUT2D eigenvalue weighted by molar-refractivity contribution is 5.98. The molecule has 0 bridgehead atoms. The highest BCUT2D eigenvalue weighted by atomic mass is 16.5. The molecule has 1 amide bonds. The summed E-state index contributed by atoms with van der Waals surface area (Å²) < 4.78 is 4.58. The number of hydrogen-bond acceptors (Lipinski definition) is 4. The lowest BCUT2D eigenvalue weighted by Gasteiger charge is -2.15. The van der Waals surface area contributed by atoms with Crippen molar-refractivity contribution < 1.29 is 14.3 Å². The van der Waals surface area contributed by atoms with Crippen LogP contribution in [0.3, 0.4) is 0 Å². The van der Waals surface area contributed by atoms with E-state index in [1.165, 1.54) is 24.3 Å². The largest absolute Gasteiger partial charge is 0.464 e. The third-order valence-corrected chi connectivity index (χ3v) is 2.07. The summed E-state index contributed by atoms with van der Waals surface area (Å²) in [6.07, 6.45) is 4.33. The van der Waals surface area contributed by atoms with Crippen LogP contribution in [-0.2, 0) is 14.3 Å². The van der Waals surface area contributed by atoms with Gasteiger partial charge in [0.25, 0.3) is 0 Å². The number of likely N-dealkylation sites (N-methyl/N-ethyl adjacent to an activating group) is 1. The van der Waals surface area contributed by atoms with Gasteiger partial charge in [-0.05, 0) is 20.0 Å². The summed E-state index contributed by atoms with van der Waals surface area (Å²) in [6, 6.07) is 0. The summed E-state index contributed by atoms with van der Waals surface area (Å²) in [6.45, 7) is 7.07. The van der Waals surface area contributed by atoms with E-state index in [1.807, 2.05) is 0 Å². The maximum atomic E-state index is 11.6. The topological polar surface area (TPSA) is 58.6 Å². The molecule has 0 aromatic rings. The SMILES string of the molecule is C=CN(C)/C(=C\C(=O)N/C(C)=C/C)C(=O)OC. The molecule has 0 saturated carbocycles. The first-order valence-electron chi connectivity index (χ1n) is 5.05. The lowest BCUT2D eigenvalue weighted by molar-refractivity contribution is -0.137. The van der Waals surface area contributed by atoms with Crippen molar-refractivity contribution in [3.63, 3.8) is 0 Å². The van der Waals surface area contributed by atoms with Crippen molar-refractivity contribution in [2.24, 2.45) is 0 Å². The lowest BCUT2D eigenvalue weighted by Crippen LogP contribution is -2.25. The Kier molecular flexibility index (Phi) is 6.40. The quantitative estimate of drug-likeness (QED) is 0.577. The Morgan fingerprint density at radius 2 is 2.00 bits per heavy atom. The average molecular weight is 238 g/mol. The maximum absolute atomic E-state index is 11.6. The summed E-state index contributed by atoms with van der Waals surface area (Å²) in [5, 5.41) is 2.60. The Bertz CT molecular complexity index is 370. The lowest BCUT2D eigenvalue weighted by atomic mass is 10.3. The third kappa shape index (κ3) is 5.01. The van der Waals surface area contributed by atoms with Crippen LogP contribution in [-0.4, -0.2) is 30.9 Å². The number of nitrogens with one attached hydrogen (secondary N) is 1. The average Bonchev–Trinajstić information content (AvgIpc) is 2.33. The number of ether oxygens (including phenoxy) is 1. The zero-order valence-electron chi connectivity index (χ0n) is 10.6. The molecule has 0 aliphatic heterocycles. The Balaban J connectivity index is 4.98. The number of hydrogen-bond donors (Lipinski definition) is 1. The second-order valence-corrected chi connectivity index (χ2v) is 3.28. The molecule has 0 atom stereocenters. The molecule has 17 heavy (non-hydrogen) atoms. The standard InChI is InChI=1S/C12H18N2O3/c1-6-9(3)13-11(15)8-10(12(16)17-5)14(4)7-2/h6-8H,2H2,1,3-5H3,(H,13,15)/b9-6+,10-8-. The molecule has 0 rings (SSSR count). The maximum Gasteiger partial charge on any atom is 0.354 e. The molecule has 0 aromatic carbocycles. The van der Waals surface area contributed by atoms with Crippen molar-refractivity contribution in [3.05, 3.63) is 36.3 Å². The second kappa shape index (κ2) is 7.27. The number of methoxy groups -OCH3 is 1. The van der Waals surface area contributed by atoms with E-state index in [9.17, 15) is 9.59 Å². The van der Waals surface area contributed by atoms with Gasteiger partial charge in [-0.1, -0.05) is 12.7 Å². The van der Waals surface area contributed by atoms with Crippen molar-refractivity contribution in [3.8, 4) is 0 Å². The molecule has 0 aliphatic rings. The van der Waals surface area contributed by atoms with E-state index in [1.54, 1.807) is 27.0 Å². The van der Waals surface area contributed by atoms with Gasteiger partial charge in [0, 0.05) is 18.8 Å². The molecule has 0 radical (unpaired) electrons. The van der Waals surface area contributed by atoms with Gasteiger partial charge < -0.3 is 15.0 Å². The minimum atomic E-state index is -0.597. The highest BCUT2D eigenvalue weighted by Gasteiger charge is 2.14. The van der Waals surface area contributed by atoms with E-state index in [2.05, 4.69) is 16.6 Å². The van der Waals surface area contributed by atoms with Gasteiger partial charge in [0.2, 0.25) is 5.91 Å². The van der Waals surface area contributed by atoms with Gasteiger partial charge in [0.1, 0.15) is 5.70 Å². The number of carbonyl (C=O) groups is 2. The van der Waals surface area contributed by atoms with Crippen LogP contribution in [0.4, 0.5) is 0 Å². The molecule has 0 heterocycles. The zero-order valence-corrected chi connectivity index (χ0v) is 10.6. The van der Waals surface area contributed by atoms with Gasteiger partial charge >= 0.3 is 5.97 Å². The minimum Gasteiger partial charge on any atom is -0.464 e. The first kappa shape index (κ1) is 15.0. The predicted octanol–water partition coefficient (Wildman–Crippen LogP) is 1.16. The zero-order chi connectivity index (χ0) is 13.4. The first-order valence-corrected chi connectivity index (χ1v) is 5.05. The first-order chi connectivity index (χ1) is 7.96. The highest BCUT2D eigenvalue weighted by Crippen LogP contribution is 2.04. The summed E-state index contributed by atoms with van der Waals surface area (Å²) in [7, 11) is 2.85. The van der Waals surface area contributed by atoms with E-state index in [-0.39, 0.29) is 5.70 Å². The molecule has 0 unspecified atom stereocenters. The number of carbonyl (C=O) groups excluding carboxylic acids is 2. The predicted molar refractivity (Wildman–Crippen MR) is 65.6 cm³/mol. The number of esters is 1. The van der Waals surface area contributed by atoms with E-state index < -0.39 is 11.9 Å². The van der Waals surface area contributed by atoms with Crippen molar-refractivity contribution in [1.82, 2.24) is 10.2 Å². The fourth-order valence-electron chi connectivity index (χ4n) is 0.934. The second-order valence-electron chi connectivity index (χ2n) is 3.28. The third-order valence-electron chi connectivity index (χ3n) is 2.07. The Labute approximate surface area is 101 Å². The summed E-state index contributed by atoms with van der Waals surface area (Å²) in [5.74, 6) is -0.990. The number of allylic oxidation sites excluding steroid dienone is 2. The van der Waals surface area contributed by atoms with Gasteiger partial charge in [-0.3, -0.25) is 4.79 Å². The van der Waals surface area contributed by atoms with Crippen LogP contribution in [0.2, 0.25) is 0 Å². The fraction of sp³-hybridized carbons (Fsp3) is 0.333. The van der Waals surface area contributed by atoms with E-state index in [0.717, 1.165) is 0 Å². The van der Waals surface area contributed by atoms with Crippen LogP contribution in [0.1, 0.15) is 13.8 Å². The molecule has 5 nitrogen and oxygen atoms in total. The van der Waals surface area contributed by atoms with Crippen molar-refractivity contribution in [2.45, 2.75) is 13.8 Å². The Morgan fingerprint density at radius 3 is 2.41 bits per heavy atom. The van der Waals surface area contributed by atoms with Crippen molar-refractivity contribution in [2.75, 3.05) is 14.2 Å².